The minimum Gasteiger partial charge on any atom is -0.338 e. The van der Waals surface area contributed by atoms with Crippen LogP contribution in [0.4, 0.5) is 5.69 Å². The van der Waals surface area contributed by atoms with Crippen molar-refractivity contribution in [2.24, 2.45) is 5.92 Å². The van der Waals surface area contributed by atoms with Gasteiger partial charge in [-0.05, 0) is 42.9 Å². The fourth-order valence-electron chi connectivity index (χ4n) is 4.33. The van der Waals surface area contributed by atoms with Crippen LogP contribution < -0.4 is 4.90 Å². The van der Waals surface area contributed by atoms with Gasteiger partial charge in [0.15, 0.2) is 0 Å². The summed E-state index contributed by atoms with van der Waals surface area (Å²) in [5, 5.41) is 4.22. The molecule has 0 atom stereocenters. The van der Waals surface area contributed by atoms with Crippen molar-refractivity contribution < 1.29 is 9.59 Å². The lowest BCUT2D eigenvalue weighted by atomic mass is 10.0. The number of aryl methyl sites for hydroxylation is 1. The number of carbonyl (C=O) groups excluding carboxylic acids is 2. The molecule has 2 heterocycles. The summed E-state index contributed by atoms with van der Waals surface area (Å²) < 4.78 is 1.87. The van der Waals surface area contributed by atoms with E-state index in [-0.39, 0.29) is 11.8 Å². The van der Waals surface area contributed by atoms with Crippen LogP contribution in [0, 0.1) is 5.92 Å². The predicted molar refractivity (Wildman–Crippen MR) is 128 cm³/mol. The predicted octanol–water partition coefficient (Wildman–Crippen LogP) is 5.04. The van der Waals surface area contributed by atoms with E-state index in [9.17, 15) is 9.59 Å². The van der Waals surface area contributed by atoms with Gasteiger partial charge in [0.25, 0.3) is 0 Å². The zero-order chi connectivity index (χ0) is 22.8. The maximum absolute atomic E-state index is 13.1. The number of fused-ring (bicyclic) bond motifs is 1. The summed E-state index contributed by atoms with van der Waals surface area (Å²) in [4.78, 5) is 30.2. The van der Waals surface area contributed by atoms with Gasteiger partial charge < -0.3 is 9.80 Å². The van der Waals surface area contributed by atoms with Crippen LogP contribution in [-0.4, -0.2) is 39.6 Å². The minimum atomic E-state index is 0.182. The molecule has 1 aromatic heterocycles. The maximum Gasteiger partial charge on any atom is 0.227 e. The van der Waals surface area contributed by atoms with Gasteiger partial charge in [-0.2, -0.15) is 5.10 Å². The van der Waals surface area contributed by atoms with Crippen LogP contribution in [0.25, 0.3) is 0 Å². The number of anilines is 1. The molecule has 2 amide bonds. The standard InChI is InChI=1S/C26H38N4O2/c1-22(2)20-26(32)30-19-9-5-3-4-8-16-28(21-23-12-6-7-13-24(23)30)25(31)14-10-17-29-18-11-15-27-29/h6-7,11-13,15,18,22H,3-5,8-10,14,16-17,19-21H2,1-2H3. The average Bonchev–Trinajstić information content (AvgIpc) is 3.27. The highest BCUT2D eigenvalue weighted by Gasteiger charge is 2.22. The van der Waals surface area contributed by atoms with Crippen LogP contribution in [0.5, 0.6) is 0 Å². The Labute approximate surface area is 192 Å². The summed E-state index contributed by atoms with van der Waals surface area (Å²) in [5.41, 5.74) is 2.03. The number of carbonyl (C=O) groups is 2. The SMILES string of the molecule is CC(C)CC(=O)N1CCCCCCCN(C(=O)CCCn2cccn2)Cc2ccccc21. The molecule has 1 aromatic carbocycles. The molecule has 6 heteroatoms. The lowest BCUT2D eigenvalue weighted by molar-refractivity contribution is -0.132. The molecule has 0 spiro atoms. The summed E-state index contributed by atoms with van der Waals surface area (Å²) in [7, 11) is 0. The fourth-order valence-corrected chi connectivity index (χ4v) is 4.33. The molecule has 174 valence electrons. The van der Waals surface area contributed by atoms with Gasteiger partial charge in [0.2, 0.25) is 11.8 Å². The topological polar surface area (TPSA) is 58.4 Å². The number of aromatic nitrogens is 2. The van der Waals surface area contributed by atoms with Crippen molar-refractivity contribution in [3.05, 3.63) is 48.3 Å². The lowest BCUT2D eigenvalue weighted by Gasteiger charge is -2.30. The van der Waals surface area contributed by atoms with Crippen LogP contribution in [0.15, 0.2) is 42.7 Å². The van der Waals surface area contributed by atoms with Crippen molar-refractivity contribution in [3.63, 3.8) is 0 Å². The third-order valence-electron chi connectivity index (χ3n) is 6.03. The second-order valence-corrected chi connectivity index (χ2v) is 9.23. The van der Waals surface area contributed by atoms with Crippen molar-refractivity contribution in [1.82, 2.24) is 14.7 Å². The Kier molecular flexibility index (Phi) is 9.32. The van der Waals surface area contributed by atoms with Crippen LogP contribution in [0.2, 0.25) is 0 Å². The fraction of sp³-hybridized carbons (Fsp3) is 0.577. The zero-order valence-electron chi connectivity index (χ0n) is 19.7. The van der Waals surface area contributed by atoms with E-state index < -0.39 is 0 Å². The molecule has 1 aliphatic heterocycles. The summed E-state index contributed by atoms with van der Waals surface area (Å²) in [6, 6.07) is 10.0. The van der Waals surface area contributed by atoms with Gasteiger partial charge >= 0.3 is 0 Å². The van der Waals surface area contributed by atoms with Gasteiger partial charge in [-0.1, -0.05) is 51.3 Å². The second kappa shape index (κ2) is 12.4. The summed E-state index contributed by atoms with van der Waals surface area (Å²) in [5.74, 6) is 0.689. The largest absolute Gasteiger partial charge is 0.338 e. The molecule has 0 saturated heterocycles. The number of nitrogens with zero attached hydrogens (tertiary/aromatic N) is 4. The Morgan fingerprint density at radius 2 is 1.72 bits per heavy atom. The maximum atomic E-state index is 13.1. The van der Waals surface area contributed by atoms with Crippen LogP contribution in [0.1, 0.15) is 70.8 Å². The third kappa shape index (κ3) is 7.21. The van der Waals surface area contributed by atoms with Crippen molar-refractivity contribution in [3.8, 4) is 0 Å². The van der Waals surface area contributed by atoms with Crippen molar-refractivity contribution in [2.75, 3.05) is 18.0 Å². The van der Waals surface area contributed by atoms with Crippen LogP contribution >= 0.6 is 0 Å². The van der Waals surface area contributed by atoms with Gasteiger partial charge in [-0.3, -0.25) is 14.3 Å². The molecule has 0 saturated carbocycles. The zero-order valence-corrected chi connectivity index (χ0v) is 19.7. The molecule has 3 rings (SSSR count). The van der Waals surface area contributed by atoms with E-state index in [0.29, 0.717) is 25.3 Å². The Hall–Kier alpha value is -2.63. The Bertz CT molecular complexity index is 847. The minimum absolute atomic E-state index is 0.182. The van der Waals surface area contributed by atoms with Gasteiger partial charge in [0.1, 0.15) is 0 Å². The van der Waals surface area contributed by atoms with Crippen molar-refractivity contribution in [1.29, 1.82) is 0 Å². The Morgan fingerprint density at radius 1 is 0.969 bits per heavy atom. The molecule has 0 N–H and O–H groups in total. The van der Waals surface area contributed by atoms with Crippen LogP contribution in [0.3, 0.4) is 0 Å². The Morgan fingerprint density at radius 3 is 2.47 bits per heavy atom. The first-order valence-electron chi connectivity index (χ1n) is 12.2. The number of benzene rings is 1. The van der Waals surface area contributed by atoms with Crippen molar-refractivity contribution >= 4 is 17.5 Å². The number of hydrogen-bond donors (Lipinski definition) is 0. The first-order valence-corrected chi connectivity index (χ1v) is 12.2. The van der Waals surface area contributed by atoms with Gasteiger partial charge in [0.05, 0.1) is 0 Å². The summed E-state index contributed by atoms with van der Waals surface area (Å²) in [6.07, 6.45) is 11.0. The van der Waals surface area contributed by atoms with E-state index in [1.54, 1.807) is 6.20 Å². The van der Waals surface area contributed by atoms with E-state index >= 15 is 0 Å². The lowest BCUT2D eigenvalue weighted by Crippen LogP contribution is -2.36. The van der Waals surface area contributed by atoms with E-state index in [0.717, 1.165) is 69.4 Å². The van der Waals surface area contributed by atoms with Crippen LogP contribution in [-0.2, 0) is 22.7 Å². The number of para-hydroxylation sites is 1. The highest BCUT2D eigenvalue weighted by Crippen LogP contribution is 2.26. The quantitative estimate of drug-likeness (QED) is 0.635. The summed E-state index contributed by atoms with van der Waals surface area (Å²) >= 11 is 0. The first-order chi connectivity index (χ1) is 15.5. The van der Waals surface area contributed by atoms with E-state index in [1.807, 2.05) is 44.9 Å². The third-order valence-corrected chi connectivity index (χ3v) is 6.03. The van der Waals surface area contributed by atoms with Gasteiger partial charge in [-0.15, -0.1) is 0 Å². The first kappa shape index (κ1) is 24.0. The smallest absolute Gasteiger partial charge is 0.227 e. The average molecular weight is 439 g/mol. The molecule has 1 aliphatic rings. The molecule has 0 bridgehead atoms. The Balaban J connectivity index is 1.76. The highest BCUT2D eigenvalue weighted by atomic mass is 16.2. The normalized spacial score (nSPS) is 15.7. The molecular formula is C26H38N4O2. The summed E-state index contributed by atoms with van der Waals surface area (Å²) in [6.45, 7) is 7.01. The second-order valence-electron chi connectivity index (χ2n) is 9.23. The van der Waals surface area contributed by atoms with Crippen molar-refractivity contribution in [2.45, 2.75) is 78.3 Å². The monoisotopic (exact) mass is 438 g/mol. The molecule has 0 radical (unpaired) electrons. The van der Waals surface area contributed by atoms with E-state index in [2.05, 4.69) is 25.0 Å². The molecule has 6 nitrogen and oxygen atoms in total. The highest BCUT2D eigenvalue weighted by molar-refractivity contribution is 5.94. The molecule has 0 aliphatic carbocycles. The van der Waals surface area contributed by atoms with E-state index in [4.69, 9.17) is 0 Å². The van der Waals surface area contributed by atoms with E-state index in [1.165, 1.54) is 0 Å². The molecule has 32 heavy (non-hydrogen) atoms. The number of amides is 2. The molecule has 0 unspecified atom stereocenters. The molecular weight excluding hydrogens is 400 g/mol. The molecule has 2 aromatic rings. The molecule has 0 fully saturated rings. The van der Waals surface area contributed by atoms with Gasteiger partial charge in [-0.25, -0.2) is 0 Å². The number of hydrogen-bond acceptors (Lipinski definition) is 3. The van der Waals surface area contributed by atoms with Gasteiger partial charge in [0, 0.05) is 57.1 Å². The number of rotatable bonds is 6.